The van der Waals surface area contributed by atoms with Gasteiger partial charge in [-0.05, 0) is 56.9 Å². The molecule has 0 bridgehead atoms. The smallest absolute Gasteiger partial charge is 0.261 e. The Hall–Kier alpha value is -2.37. The Bertz CT molecular complexity index is 710. The zero-order valence-electron chi connectivity index (χ0n) is 13.8. The second-order valence-corrected chi connectivity index (χ2v) is 6.06. The minimum atomic E-state index is -0.0456. The van der Waals surface area contributed by atoms with Gasteiger partial charge in [-0.25, -0.2) is 4.98 Å². The molecule has 23 heavy (non-hydrogen) atoms. The summed E-state index contributed by atoms with van der Waals surface area (Å²) in [6, 6.07) is 5.82. The Morgan fingerprint density at radius 1 is 1.35 bits per heavy atom. The number of amides is 1. The number of hydrogen-bond donors (Lipinski definition) is 1. The molecule has 1 fully saturated rings. The third-order valence-electron chi connectivity index (χ3n) is 4.33. The highest BCUT2D eigenvalue weighted by Gasteiger charge is 2.32. The number of nitrogens with one attached hydrogen (secondary N) is 1. The number of nitrogens with zero attached hydrogens (tertiary/aromatic N) is 3. The molecule has 1 N–H and O–H groups in total. The lowest BCUT2D eigenvalue weighted by Gasteiger charge is -2.22. The number of carbonyl (C=O) groups is 1. The van der Waals surface area contributed by atoms with Crippen molar-refractivity contribution in [2.24, 2.45) is 0 Å². The number of aryl methyl sites for hydroxylation is 3. The van der Waals surface area contributed by atoms with Crippen molar-refractivity contribution < 1.29 is 9.53 Å². The van der Waals surface area contributed by atoms with Crippen LogP contribution in [0.3, 0.4) is 0 Å². The minimum Gasteiger partial charge on any atom is -0.484 e. The largest absolute Gasteiger partial charge is 0.484 e. The van der Waals surface area contributed by atoms with Gasteiger partial charge in [-0.15, -0.1) is 0 Å². The maximum Gasteiger partial charge on any atom is 0.261 e. The van der Waals surface area contributed by atoms with E-state index in [-0.39, 0.29) is 18.6 Å². The van der Waals surface area contributed by atoms with Gasteiger partial charge in [0.1, 0.15) is 11.6 Å². The summed E-state index contributed by atoms with van der Waals surface area (Å²) in [5, 5.41) is 7.04. The van der Waals surface area contributed by atoms with Crippen molar-refractivity contribution in [2.45, 2.75) is 39.7 Å². The van der Waals surface area contributed by atoms with Gasteiger partial charge in [0.15, 0.2) is 12.4 Å². The van der Waals surface area contributed by atoms with Gasteiger partial charge in [0, 0.05) is 6.54 Å². The molecule has 1 unspecified atom stereocenters. The molecule has 1 aromatic carbocycles. The van der Waals surface area contributed by atoms with Crippen LogP contribution in [0.25, 0.3) is 0 Å². The SMILES string of the molecule is Cc1nc(C2CCCN2C(=O)COc2ccc(C)c(C)c2)n[nH]1. The lowest BCUT2D eigenvalue weighted by atomic mass is 10.1. The number of rotatable bonds is 4. The van der Waals surface area contributed by atoms with Crippen LogP contribution in [-0.2, 0) is 4.79 Å². The maximum absolute atomic E-state index is 12.5. The van der Waals surface area contributed by atoms with Gasteiger partial charge in [-0.1, -0.05) is 6.07 Å². The summed E-state index contributed by atoms with van der Waals surface area (Å²) < 4.78 is 5.67. The molecule has 6 nitrogen and oxygen atoms in total. The Labute approximate surface area is 135 Å². The van der Waals surface area contributed by atoms with E-state index in [4.69, 9.17) is 4.74 Å². The molecule has 2 aromatic rings. The third-order valence-corrected chi connectivity index (χ3v) is 4.33. The summed E-state index contributed by atoms with van der Waals surface area (Å²) >= 11 is 0. The first kappa shape index (κ1) is 15.5. The van der Waals surface area contributed by atoms with Gasteiger partial charge in [0.25, 0.3) is 5.91 Å². The van der Waals surface area contributed by atoms with Crippen LogP contribution >= 0.6 is 0 Å². The standard InChI is InChI=1S/C17H22N4O2/c1-11-6-7-14(9-12(11)2)23-10-16(22)21-8-4-5-15(21)17-18-13(3)19-20-17/h6-7,9,15H,4-5,8,10H2,1-3H3,(H,18,19,20). The topological polar surface area (TPSA) is 71.1 Å². The summed E-state index contributed by atoms with van der Waals surface area (Å²) in [4.78, 5) is 18.7. The van der Waals surface area contributed by atoms with Gasteiger partial charge in [0.05, 0.1) is 6.04 Å². The number of hydrogen-bond acceptors (Lipinski definition) is 4. The van der Waals surface area contributed by atoms with Crippen molar-refractivity contribution in [1.82, 2.24) is 20.1 Å². The zero-order chi connectivity index (χ0) is 16.4. The van der Waals surface area contributed by atoms with E-state index >= 15 is 0 Å². The van der Waals surface area contributed by atoms with Crippen LogP contribution in [0.2, 0.25) is 0 Å². The van der Waals surface area contributed by atoms with Crippen molar-refractivity contribution in [1.29, 1.82) is 0 Å². The van der Waals surface area contributed by atoms with Crippen molar-refractivity contribution in [3.63, 3.8) is 0 Å². The van der Waals surface area contributed by atoms with E-state index in [1.807, 2.05) is 36.9 Å². The van der Waals surface area contributed by atoms with E-state index in [1.165, 1.54) is 5.56 Å². The van der Waals surface area contributed by atoms with E-state index in [1.54, 1.807) is 0 Å². The summed E-state index contributed by atoms with van der Waals surface area (Å²) in [5.41, 5.74) is 2.37. The van der Waals surface area contributed by atoms with Gasteiger partial charge >= 0.3 is 0 Å². The van der Waals surface area contributed by atoms with Crippen molar-refractivity contribution in [2.75, 3.05) is 13.2 Å². The minimum absolute atomic E-state index is 0.0202. The Morgan fingerprint density at radius 3 is 2.87 bits per heavy atom. The lowest BCUT2D eigenvalue weighted by Crippen LogP contribution is -2.34. The first-order chi connectivity index (χ1) is 11.0. The first-order valence-electron chi connectivity index (χ1n) is 7.93. The fourth-order valence-corrected chi connectivity index (χ4v) is 2.87. The van der Waals surface area contributed by atoms with Gasteiger partial charge in [-0.2, -0.15) is 5.10 Å². The van der Waals surface area contributed by atoms with Crippen LogP contribution in [0.4, 0.5) is 0 Å². The average Bonchev–Trinajstić information content (AvgIpc) is 3.16. The molecule has 0 saturated carbocycles. The molecule has 1 aromatic heterocycles. The predicted octanol–water partition coefficient (Wildman–Crippen LogP) is 2.47. The molecular weight excluding hydrogens is 292 g/mol. The fraction of sp³-hybridized carbons (Fsp3) is 0.471. The van der Waals surface area contributed by atoms with Gasteiger partial charge in [-0.3, -0.25) is 9.89 Å². The first-order valence-corrected chi connectivity index (χ1v) is 7.93. The van der Waals surface area contributed by atoms with E-state index in [2.05, 4.69) is 22.1 Å². The van der Waals surface area contributed by atoms with E-state index in [0.717, 1.165) is 36.5 Å². The molecule has 0 spiro atoms. The molecule has 1 aliphatic heterocycles. The van der Waals surface area contributed by atoms with Crippen LogP contribution in [0.15, 0.2) is 18.2 Å². The van der Waals surface area contributed by atoms with Crippen LogP contribution in [0.5, 0.6) is 5.75 Å². The number of H-pyrrole nitrogens is 1. The van der Waals surface area contributed by atoms with Gasteiger partial charge < -0.3 is 9.64 Å². The third kappa shape index (κ3) is 3.36. The molecule has 2 heterocycles. The van der Waals surface area contributed by atoms with Crippen LogP contribution in [0, 0.1) is 20.8 Å². The molecule has 1 atom stereocenters. The molecule has 1 aliphatic rings. The summed E-state index contributed by atoms with van der Waals surface area (Å²) in [6.07, 6.45) is 1.86. The summed E-state index contributed by atoms with van der Waals surface area (Å²) in [6.45, 7) is 6.72. The maximum atomic E-state index is 12.5. The van der Waals surface area contributed by atoms with Crippen molar-refractivity contribution >= 4 is 5.91 Å². The number of likely N-dealkylation sites (tertiary alicyclic amines) is 1. The van der Waals surface area contributed by atoms with E-state index in [9.17, 15) is 4.79 Å². The fourth-order valence-electron chi connectivity index (χ4n) is 2.87. The normalized spacial score (nSPS) is 17.5. The highest BCUT2D eigenvalue weighted by Crippen LogP contribution is 2.29. The molecule has 1 amide bonds. The Morgan fingerprint density at radius 2 is 2.17 bits per heavy atom. The number of benzene rings is 1. The second kappa shape index (κ2) is 6.40. The highest BCUT2D eigenvalue weighted by atomic mass is 16.5. The van der Waals surface area contributed by atoms with Crippen LogP contribution in [0.1, 0.15) is 41.7 Å². The number of aromatic nitrogens is 3. The molecular formula is C17H22N4O2. The van der Waals surface area contributed by atoms with E-state index < -0.39 is 0 Å². The molecule has 3 rings (SSSR count). The van der Waals surface area contributed by atoms with Crippen molar-refractivity contribution in [3.05, 3.63) is 41.0 Å². The summed E-state index contributed by atoms with van der Waals surface area (Å²) in [7, 11) is 0. The van der Waals surface area contributed by atoms with E-state index in [0.29, 0.717) is 5.82 Å². The Balaban J connectivity index is 1.64. The lowest BCUT2D eigenvalue weighted by molar-refractivity contribution is -0.134. The van der Waals surface area contributed by atoms with Crippen LogP contribution in [-0.4, -0.2) is 39.1 Å². The monoisotopic (exact) mass is 314 g/mol. The van der Waals surface area contributed by atoms with Gasteiger partial charge in [0.2, 0.25) is 0 Å². The number of ether oxygens (including phenoxy) is 1. The molecule has 0 radical (unpaired) electrons. The molecule has 122 valence electrons. The zero-order valence-corrected chi connectivity index (χ0v) is 13.8. The quantitative estimate of drug-likeness (QED) is 0.941. The average molecular weight is 314 g/mol. The second-order valence-electron chi connectivity index (χ2n) is 6.06. The predicted molar refractivity (Wildman–Crippen MR) is 86.2 cm³/mol. The number of aromatic amines is 1. The molecule has 6 heteroatoms. The Kier molecular flexibility index (Phi) is 4.32. The highest BCUT2D eigenvalue weighted by molar-refractivity contribution is 5.78. The molecule has 0 aliphatic carbocycles. The number of carbonyl (C=O) groups excluding carboxylic acids is 1. The summed E-state index contributed by atoms with van der Waals surface area (Å²) in [5.74, 6) is 2.17. The van der Waals surface area contributed by atoms with Crippen molar-refractivity contribution in [3.8, 4) is 5.75 Å². The van der Waals surface area contributed by atoms with Crippen LogP contribution < -0.4 is 4.74 Å². The molecule has 1 saturated heterocycles.